The summed E-state index contributed by atoms with van der Waals surface area (Å²) in [5.41, 5.74) is 23.1. The van der Waals surface area contributed by atoms with E-state index in [1.807, 2.05) is 46.9 Å². The number of rotatable bonds is 13. The van der Waals surface area contributed by atoms with E-state index in [2.05, 4.69) is 361 Å². The average Bonchev–Trinajstić information content (AvgIpc) is 1.56. The third-order valence-corrected chi connectivity index (χ3v) is 24.3. The molecule has 0 fully saturated rings. The van der Waals surface area contributed by atoms with Gasteiger partial charge in [-0.15, -0.1) is 22.7 Å². The summed E-state index contributed by atoms with van der Waals surface area (Å²) in [4.78, 5) is 32.3. The zero-order valence-corrected chi connectivity index (χ0v) is 61.8. The maximum Gasteiger partial charge on any atom is 0.166 e. The minimum Gasteiger partial charge on any atom is -0.308 e. The van der Waals surface area contributed by atoms with Crippen molar-refractivity contribution in [2.24, 2.45) is 0 Å². The molecule has 6 aromatic heterocycles. The SMILES string of the molecule is c1ccc(-c2ccc(-c3nc(-c4cccc(-c5cccc(-c6cccc7c6sc6c7ccc7c8ccccc8n(-c8ccccc8-c8nc(-c9ccccc9)nc(-c9ccc(-c%10ccccc%10)cc9)n8)c76)c5)c4)nc(-c4ccccc4-n4c5ccccc5c5c6c(ccc54)sc4c(-c5ccccc5)cccc46)n3)cc2)cc1. The Kier molecular flexibility index (Phi) is 15.5. The molecular weight excluding hydrogens is 1400 g/mol. The van der Waals surface area contributed by atoms with E-state index in [1.165, 1.54) is 73.0 Å². The van der Waals surface area contributed by atoms with Crippen LogP contribution < -0.4 is 0 Å². The number of fused-ring (bicyclic) bond motifs is 14. The third kappa shape index (κ3) is 10.9. The van der Waals surface area contributed by atoms with Gasteiger partial charge in [-0.25, -0.2) is 29.9 Å². The molecule has 6 heterocycles. The number of benzene rings is 16. The minimum absolute atomic E-state index is 0.573. The van der Waals surface area contributed by atoms with E-state index >= 15 is 0 Å². The Morgan fingerprint density at radius 1 is 0.188 bits per heavy atom. The van der Waals surface area contributed by atoms with Crippen LogP contribution in [0.1, 0.15) is 0 Å². The second-order valence-electron chi connectivity index (χ2n) is 28.4. The summed E-state index contributed by atoms with van der Waals surface area (Å²) >= 11 is 3.72. The lowest BCUT2D eigenvalue weighted by Crippen LogP contribution is -2.03. The highest BCUT2D eigenvalue weighted by molar-refractivity contribution is 7.27. The number of aromatic nitrogens is 8. The Labute approximate surface area is 652 Å². The van der Waals surface area contributed by atoms with Crippen molar-refractivity contribution in [3.8, 4) is 135 Å². The molecule has 0 amide bonds. The molecule has 0 saturated heterocycles. The molecule has 16 aromatic carbocycles. The average molecular weight is 1460 g/mol. The summed E-state index contributed by atoms with van der Waals surface area (Å²) in [5, 5.41) is 9.67. The molecule has 10 heteroatoms. The highest BCUT2D eigenvalue weighted by Gasteiger charge is 2.26. The van der Waals surface area contributed by atoms with Crippen LogP contribution in [0.3, 0.4) is 0 Å². The molecule has 0 bridgehead atoms. The second-order valence-corrected chi connectivity index (χ2v) is 30.4. The minimum atomic E-state index is 0.573. The van der Waals surface area contributed by atoms with Crippen LogP contribution in [0.25, 0.3) is 219 Å². The van der Waals surface area contributed by atoms with Gasteiger partial charge in [-0.2, -0.15) is 0 Å². The van der Waals surface area contributed by atoms with E-state index in [0.717, 1.165) is 111 Å². The summed E-state index contributed by atoms with van der Waals surface area (Å²) in [6, 6.07) is 134. The fourth-order valence-corrected chi connectivity index (χ4v) is 19.3. The normalized spacial score (nSPS) is 11.8. The number of nitrogens with zero attached hydrogens (tertiary/aromatic N) is 8. The molecule has 22 aromatic rings. The van der Waals surface area contributed by atoms with E-state index in [9.17, 15) is 0 Å². The van der Waals surface area contributed by atoms with Crippen molar-refractivity contribution in [2.45, 2.75) is 0 Å². The monoisotopic (exact) mass is 1460 g/mol. The molecule has 0 aliphatic carbocycles. The first-order valence-electron chi connectivity index (χ1n) is 37.6. The summed E-state index contributed by atoms with van der Waals surface area (Å²) in [7, 11) is 0. The molecule has 0 saturated carbocycles. The van der Waals surface area contributed by atoms with Gasteiger partial charge < -0.3 is 9.13 Å². The Morgan fingerprint density at radius 3 is 1.17 bits per heavy atom. The number of hydrogen-bond acceptors (Lipinski definition) is 8. The molecule has 112 heavy (non-hydrogen) atoms. The number of thiophene rings is 2. The fraction of sp³-hybridized carbons (Fsp3) is 0. The van der Waals surface area contributed by atoms with Crippen LogP contribution in [0.2, 0.25) is 0 Å². The maximum atomic E-state index is 5.55. The number of para-hydroxylation sites is 4. The topological polar surface area (TPSA) is 87.2 Å². The second kappa shape index (κ2) is 26.8. The standard InChI is InChI=1S/C102H62N8S2/c1-5-25-63(26-6-1)65-49-53-69(54-50-65)98-103-97(68-31-11-4-12-32-68)105-102(106-98)83-40-16-20-48-88(83)110-85-45-17-13-37-77(85)78-57-58-80-79-43-23-42-76(94(79)112-96(80)93(78)110)73-35-21-33-71(61-73)72-34-22-36-74(62-72)100-104-99(70-55-51-66(52-56-70)64-27-7-2-8-28-64)107-101(108-100)82-39-15-19-47-87(82)109-86-46-18-14-38-81(86)91-89(109)59-60-90-92(91)84-44-24-41-75(95(84)111-90)67-29-9-3-10-30-67/h1-62H. The molecule has 8 nitrogen and oxygen atoms in total. The molecule has 0 spiro atoms. The summed E-state index contributed by atoms with van der Waals surface area (Å²) in [6.07, 6.45) is 0. The van der Waals surface area contributed by atoms with Crippen LogP contribution in [-0.2, 0) is 0 Å². The van der Waals surface area contributed by atoms with Gasteiger partial charge in [0.2, 0.25) is 0 Å². The summed E-state index contributed by atoms with van der Waals surface area (Å²) < 4.78 is 9.81. The Bertz CT molecular complexity index is 7470. The predicted octanol–water partition coefficient (Wildman–Crippen LogP) is 27.3. The van der Waals surface area contributed by atoms with Crippen molar-refractivity contribution >= 4 is 107 Å². The fourth-order valence-electron chi connectivity index (χ4n) is 16.6. The Balaban J connectivity index is 0.660. The third-order valence-electron chi connectivity index (χ3n) is 21.9. The zero-order valence-electron chi connectivity index (χ0n) is 60.2. The van der Waals surface area contributed by atoms with E-state index in [-0.39, 0.29) is 0 Å². The molecular formula is C102H62N8S2. The van der Waals surface area contributed by atoms with Crippen molar-refractivity contribution < 1.29 is 0 Å². The van der Waals surface area contributed by atoms with Crippen molar-refractivity contribution in [1.82, 2.24) is 39.0 Å². The molecule has 0 unspecified atom stereocenters. The van der Waals surface area contributed by atoms with Crippen LogP contribution in [0.15, 0.2) is 376 Å². The van der Waals surface area contributed by atoms with Crippen molar-refractivity contribution in [3.05, 3.63) is 376 Å². The Morgan fingerprint density at radius 2 is 0.562 bits per heavy atom. The molecule has 0 radical (unpaired) electrons. The molecule has 22 rings (SSSR count). The highest BCUT2D eigenvalue weighted by atomic mass is 32.1. The number of hydrogen-bond donors (Lipinski definition) is 0. The lowest BCUT2D eigenvalue weighted by molar-refractivity contribution is 1.06. The van der Waals surface area contributed by atoms with E-state index in [0.29, 0.717) is 34.9 Å². The maximum absolute atomic E-state index is 5.55. The van der Waals surface area contributed by atoms with Crippen molar-refractivity contribution in [3.63, 3.8) is 0 Å². The molecule has 0 aliphatic heterocycles. The van der Waals surface area contributed by atoms with E-state index in [4.69, 9.17) is 29.9 Å². The van der Waals surface area contributed by atoms with Gasteiger partial charge in [0.05, 0.1) is 38.1 Å². The van der Waals surface area contributed by atoms with Gasteiger partial charge in [0.15, 0.2) is 34.9 Å². The predicted molar refractivity (Wildman–Crippen MR) is 467 cm³/mol. The van der Waals surface area contributed by atoms with E-state index in [1.54, 1.807) is 0 Å². The highest BCUT2D eigenvalue weighted by Crippen LogP contribution is 2.50. The summed E-state index contributed by atoms with van der Waals surface area (Å²) in [6.45, 7) is 0. The van der Waals surface area contributed by atoms with Crippen molar-refractivity contribution in [2.75, 3.05) is 0 Å². The first-order chi connectivity index (χ1) is 55.5. The van der Waals surface area contributed by atoms with Crippen LogP contribution in [-0.4, -0.2) is 39.0 Å². The first kappa shape index (κ1) is 64.7. The van der Waals surface area contributed by atoms with Crippen LogP contribution in [0.5, 0.6) is 0 Å². The smallest absolute Gasteiger partial charge is 0.166 e. The van der Waals surface area contributed by atoms with Crippen LogP contribution in [0.4, 0.5) is 0 Å². The molecule has 0 atom stereocenters. The Hall–Kier alpha value is -14.4. The first-order valence-corrected chi connectivity index (χ1v) is 39.3. The largest absolute Gasteiger partial charge is 0.308 e. The molecule has 0 N–H and O–H groups in total. The van der Waals surface area contributed by atoms with Gasteiger partial charge >= 0.3 is 0 Å². The van der Waals surface area contributed by atoms with Crippen LogP contribution >= 0.6 is 22.7 Å². The van der Waals surface area contributed by atoms with Gasteiger partial charge in [0, 0.05) is 90.6 Å². The zero-order chi connectivity index (χ0) is 73.7. The van der Waals surface area contributed by atoms with Gasteiger partial charge in [-0.05, 0) is 116 Å². The van der Waals surface area contributed by atoms with Gasteiger partial charge in [-0.1, -0.05) is 315 Å². The van der Waals surface area contributed by atoms with Gasteiger partial charge in [-0.3, -0.25) is 0 Å². The lowest BCUT2D eigenvalue weighted by Gasteiger charge is -2.15. The van der Waals surface area contributed by atoms with Gasteiger partial charge in [0.1, 0.15) is 0 Å². The van der Waals surface area contributed by atoms with Gasteiger partial charge in [0.25, 0.3) is 0 Å². The summed E-state index contributed by atoms with van der Waals surface area (Å²) in [5.74, 6) is 3.53. The lowest BCUT2D eigenvalue weighted by atomic mass is 9.97. The van der Waals surface area contributed by atoms with Crippen LogP contribution in [0, 0.1) is 0 Å². The quantitative estimate of drug-likeness (QED) is 0.114. The van der Waals surface area contributed by atoms with E-state index < -0.39 is 0 Å². The molecule has 522 valence electrons. The van der Waals surface area contributed by atoms with Crippen molar-refractivity contribution in [1.29, 1.82) is 0 Å². The molecule has 0 aliphatic rings.